The number of methoxy groups -OCH3 is 3. The Balaban J connectivity index is 1.54. The van der Waals surface area contributed by atoms with Crippen molar-refractivity contribution in [2.45, 2.75) is 13.0 Å². The van der Waals surface area contributed by atoms with E-state index in [1.807, 2.05) is 18.2 Å². The van der Waals surface area contributed by atoms with Crippen LogP contribution in [0.2, 0.25) is 0 Å². The molecule has 0 unspecified atom stereocenters. The van der Waals surface area contributed by atoms with Crippen molar-refractivity contribution < 1.29 is 14.2 Å². The first-order valence-corrected chi connectivity index (χ1v) is 10.1. The molecule has 2 heterocycles. The molecule has 0 N–H and O–H groups in total. The zero-order valence-electron chi connectivity index (χ0n) is 16.4. The minimum atomic E-state index is 0.728. The van der Waals surface area contributed by atoms with Gasteiger partial charge in [-0.25, -0.2) is 4.98 Å². The Morgan fingerprint density at radius 2 is 1.79 bits per heavy atom. The van der Waals surface area contributed by atoms with Crippen LogP contribution in [0.15, 0.2) is 42.5 Å². The van der Waals surface area contributed by atoms with Crippen LogP contribution in [-0.2, 0) is 6.54 Å². The van der Waals surface area contributed by atoms with Gasteiger partial charge in [-0.1, -0.05) is 18.2 Å². The van der Waals surface area contributed by atoms with Crippen molar-refractivity contribution in [3.63, 3.8) is 0 Å². The van der Waals surface area contributed by atoms with Crippen molar-refractivity contribution in [1.82, 2.24) is 9.88 Å². The topological polar surface area (TPSA) is 43.8 Å². The largest absolute Gasteiger partial charge is 0.496 e. The Morgan fingerprint density at radius 1 is 1.04 bits per heavy atom. The summed E-state index contributed by atoms with van der Waals surface area (Å²) in [6, 6.07) is 12.1. The molecule has 3 aromatic rings. The van der Waals surface area contributed by atoms with Crippen molar-refractivity contribution in [3.05, 3.63) is 53.0 Å². The van der Waals surface area contributed by atoms with E-state index in [4.69, 9.17) is 19.2 Å². The zero-order valence-corrected chi connectivity index (χ0v) is 17.2. The van der Waals surface area contributed by atoms with Crippen LogP contribution in [0.5, 0.6) is 17.2 Å². The van der Waals surface area contributed by atoms with Crippen LogP contribution in [0.1, 0.15) is 17.0 Å². The molecule has 4 rings (SSSR count). The third-order valence-corrected chi connectivity index (χ3v) is 6.05. The summed E-state index contributed by atoms with van der Waals surface area (Å²) >= 11 is 1.78. The molecule has 0 radical (unpaired) electrons. The number of hydrogen-bond donors (Lipinski definition) is 0. The van der Waals surface area contributed by atoms with E-state index in [0.29, 0.717) is 0 Å². The van der Waals surface area contributed by atoms with E-state index in [2.05, 4.69) is 29.2 Å². The molecule has 146 valence electrons. The standard InChI is InChI=1S/C22H24N2O3S/c1-25-16-12-18(26-2)22(19(13-16)27-3)15-8-10-24(11-9-15)14-21-23-17-6-4-5-7-20(17)28-21/h4-8,12-13H,9-11,14H2,1-3H3. The van der Waals surface area contributed by atoms with E-state index in [1.165, 1.54) is 10.3 Å². The molecule has 5 nitrogen and oxygen atoms in total. The van der Waals surface area contributed by atoms with Crippen LogP contribution in [0, 0.1) is 0 Å². The summed E-state index contributed by atoms with van der Waals surface area (Å²) < 4.78 is 17.8. The summed E-state index contributed by atoms with van der Waals surface area (Å²) in [5, 5.41) is 1.16. The first kappa shape index (κ1) is 18.8. The van der Waals surface area contributed by atoms with E-state index in [9.17, 15) is 0 Å². The van der Waals surface area contributed by atoms with Gasteiger partial charge in [0.15, 0.2) is 0 Å². The predicted octanol–water partition coefficient (Wildman–Crippen LogP) is 4.61. The molecule has 0 atom stereocenters. The second-order valence-electron chi connectivity index (χ2n) is 6.70. The van der Waals surface area contributed by atoms with Gasteiger partial charge in [-0.15, -0.1) is 11.3 Å². The number of benzene rings is 2. The first-order valence-electron chi connectivity index (χ1n) is 9.28. The quantitative estimate of drug-likeness (QED) is 0.609. The molecule has 1 aliphatic rings. The number of para-hydroxylation sites is 1. The normalized spacial score (nSPS) is 14.8. The Labute approximate surface area is 169 Å². The highest BCUT2D eigenvalue weighted by Crippen LogP contribution is 2.41. The molecule has 0 bridgehead atoms. The second-order valence-corrected chi connectivity index (χ2v) is 7.81. The molecule has 0 aliphatic carbocycles. The molecule has 0 spiro atoms. The SMILES string of the molecule is COc1cc(OC)c(C2=CCN(Cc3nc4ccccc4s3)CC2)c(OC)c1. The first-order chi connectivity index (χ1) is 13.7. The number of fused-ring (bicyclic) bond motifs is 1. The van der Waals surface area contributed by atoms with Gasteiger partial charge < -0.3 is 14.2 Å². The average Bonchev–Trinajstić information content (AvgIpc) is 3.15. The van der Waals surface area contributed by atoms with Crippen molar-refractivity contribution >= 4 is 27.1 Å². The molecule has 2 aromatic carbocycles. The van der Waals surface area contributed by atoms with Gasteiger partial charge in [0.05, 0.1) is 43.7 Å². The number of rotatable bonds is 6. The Bertz CT molecular complexity index is 954. The highest BCUT2D eigenvalue weighted by atomic mass is 32.1. The van der Waals surface area contributed by atoms with E-state index in [0.717, 1.165) is 59.4 Å². The van der Waals surface area contributed by atoms with Gasteiger partial charge in [-0.05, 0) is 24.1 Å². The highest BCUT2D eigenvalue weighted by Gasteiger charge is 2.21. The summed E-state index contributed by atoms with van der Waals surface area (Å²) in [6.45, 7) is 2.73. The minimum absolute atomic E-state index is 0.728. The Morgan fingerprint density at radius 3 is 2.39 bits per heavy atom. The van der Waals surface area contributed by atoms with Crippen LogP contribution in [0.4, 0.5) is 0 Å². The Hall–Kier alpha value is -2.57. The van der Waals surface area contributed by atoms with Crippen molar-refractivity contribution in [2.75, 3.05) is 34.4 Å². The summed E-state index contributed by atoms with van der Waals surface area (Å²) in [5.41, 5.74) is 3.35. The van der Waals surface area contributed by atoms with Crippen LogP contribution in [0.3, 0.4) is 0 Å². The molecule has 0 fully saturated rings. The summed E-state index contributed by atoms with van der Waals surface area (Å²) in [4.78, 5) is 7.18. The van der Waals surface area contributed by atoms with Gasteiger partial charge >= 0.3 is 0 Å². The molecule has 6 heteroatoms. The highest BCUT2D eigenvalue weighted by molar-refractivity contribution is 7.18. The van der Waals surface area contributed by atoms with Gasteiger partial charge in [-0.3, -0.25) is 4.90 Å². The minimum Gasteiger partial charge on any atom is -0.496 e. The lowest BCUT2D eigenvalue weighted by atomic mass is 9.97. The molecule has 0 amide bonds. The van der Waals surface area contributed by atoms with Gasteiger partial charge in [0.2, 0.25) is 0 Å². The fraction of sp³-hybridized carbons (Fsp3) is 0.318. The number of thiazole rings is 1. The second kappa shape index (κ2) is 8.20. The summed E-state index contributed by atoms with van der Waals surface area (Å²) in [7, 11) is 5.01. The summed E-state index contributed by atoms with van der Waals surface area (Å²) in [5.74, 6) is 2.29. The fourth-order valence-electron chi connectivity index (χ4n) is 3.58. The smallest absolute Gasteiger partial charge is 0.133 e. The predicted molar refractivity (Wildman–Crippen MR) is 114 cm³/mol. The number of hydrogen-bond acceptors (Lipinski definition) is 6. The van der Waals surface area contributed by atoms with Gasteiger partial charge in [0.1, 0.15) is 22.3 Å². The molecule has 0 saturated heterocycles. The molecule has 1 aromatic heterocycles. The molecular formula is C22H24N2O3S. The van der Waals surface area contributed by atoms with Crippen molar-refractivity contribution in [3.8, 4) is 17.2 Å². The zero-order chi connectivity index (χ0) is 19.5. The van der Waals surface area contributed by atoms with Crippen LogP contribution in [0.25, 0.3) is 15.8 Å². The maximum atomic E-state index is 5.62. The van der Waals surface area contributed by atoms with Crippen molar-refractivity contribution in [2.24, 2.45) is 0 Å². The third kappa shape index (κ3) is 3.70. The van der Waals surface area contributed by atoms with Gasteiger partial charge in [0.25, 0.3) is 0 Å². The van der Waals surface area contributed by atoms with Crippen LogP contribution in [-0.4, -0.2) is 44.3 Å². The van der Waals surface area contributed by atoms with E-state index in [-0.39, 0.29) is 0 Å². The van der Waals surface area contributed by atoms with Gasteiger partial charge in [0, 0.05) is 25.2 Å². The van der Waals surface area contributed by atoms with E-state index >= 15 is 0 Å². The average molecular weight is 397 g/mol. The number of ether oxygens (including phenoxy) is 3. The molecule has 1 aliphatic heterocycles. The fourth-order valence-corrected chi connectivity index (χ4v) is 4.59. The van der Waals surface area contributed by atoms with E-state index < -0.39 is 0 Å². The monoisotopic (exact) mass is 396 g/mol. The molecular weight excluding hydrogens is 372 g/mol. The third-order valence-electron chi connectivity index (χ3n) is 5.03. The lowest BCUT2D eigenvalue weighted by molar-refractivity contribution is 0.293. The summed E-state index contributed by atoms with van der Waals surface area (Å²) in [6.07, 6.45) is 3.20. The number of nitrogens with zero attached hydrogens (tertiary/aromatic N) is 2. The van der Waals surface area contributed by atoms with Crippen molar-refractivity contribution in [1.29, 1.82) is 0 Å². The van der Waals surface area contributed by atoms with Gasteiger partial charge in [-0.2, -0.15) is 0 Å². The maximum absolute atomic E-state index is 5.62. The Kier molecular flexibility index (Phi) is 5.50. The lowest BCUT2D eigenvalue weighted by Gasteiger charge is -2.27. The lowest BCUT2D eigenvalue weighted by Crippen LogP contribution is -2.28. The van der Waals surface area contributed by atoms with Crippen LogP contribution >= 0.6 is 11.3 Å². The van der Waals surface area contributed by atoms with Crippen LogP contribution < -0.4 is 14.2 Å². The maximum Gasteiger partial charge on any atom is 0.133 e. The number of aromatic nitrogens is 1. The molecule has 0 saturated carbocycles. The molecule has 28 heavy (non-hydrogen) atoms. The van der Waals surface area contributed by atoms with E-state index in [1.54, 1.807) is 32.7 Å².